The molecule has 0 aromatic carbocycles. The zero-order valence-corrected chi connectivity index (χ0v) is 13.6. The van der Waals surface area contributed by atoms with Crippen molar-refractivity contribution < 1.29 is 4.79 Å². The van der Waals surface area contributed by atoms with Crippen molar-refractivity contribution in [3.8, 4) is 0 Å². The average Bonchev–Trinajstić information content (AvgIpc) is 3.25. The van der Waals surface area contributed by atoms with E-state index in [1.54, 1.807) is 12.4 Å². The molecule has 0 bridgehead atoms. The van der Waals surface area contributed by atoms with E-state index in [4.69, 9.17) is 0 Å². The first-order valence-corrected chi connectivity index (χ1v) is 8.50. The average molecular weight is 327 g/mol. The van der Waals surface area contributed by atoms with Gasteiger partial charge in [0, 0.05) is 42.5 Å². The Morgan fingerprint density at radius 2 is 2.22 bits per heavy atom. The van der Waals surface area contributed by atoms with Gasteiger partial charge in [0.05, 0.1) is 11.3 Å². The van der Waals surface area contributed by atoms with Crippen LogP contribution in [0.4, 0.5) is 0 Å². The highest BCUT2D eigenvalue weighted by molar-refractivity contribution is 7.12. The molecular formula is C16H17N5OS. The number of pyridine rings is 1. The Bertz CT molecular complexity index is 833. The molecule has 4 rings (SSSR count). The normalized spacial score (nSPS) is 16.1. The summed E-state index contributed by atoms with van der Waals surface area (Å²) in [5, 5.41) is 8.03. The number of aromatic amines is 1. The second-order valence-electron chi connectivity index (χ2n) is 5.92. The van der Waals surface area contributed by atoms with Crippen LogP contribution in [-0.2, 0) is 0 Å². The molecule has 23 heavy (non-hydrogen) atoms. The van der Waals surface area contributed by atoms with Crippen LogP contribution in [0.3, 0.4) is 0 Å². The highest BCUT2D eigenvalue weighted by atomic mass is 32.1. The summed E-state index contributed by atoms with van der Waals surface area (Å²) in [5.74, 6) is 0.526. The lowest BCUT2D eigenvalue weighted by Crippen LogP contribution is -2.38. The lowest BCUT2D eigenvalue weighted by Gasteiger charge is -2.31. The molecule has 1 aliphatic heterocycles. The molecule has 1 amide bonds. The minimum absolute atomic E-state index is 0.0630. The van der Waals surface area contributed by atoms with E-state index in [-0.39, 0.29) is 5.91 Å². The van der Waals surface area contributed by atoms with Crippen molar-refractivity contribution in [3.63, 3.8) is 0 Å². The van der Waals surface area contributed by atoms with Crippen molar-refractivity contribution in [2.45, 2.75) is 25.7 Å². The van der Waals surface area contributed by atoms with E-state index in [1.807, 2.05) is 24.0 Å². The van der Waals surface area contributed by atoms with Crippen LogP contribution in [0.2, 0.25) is 0 Å². The maximum atomic E-state index is 12.7. The quantitative estimate of drug-likeness (QED) is 0.785. The van der Waals surface area contributed by atoms with Crippen LogP contribution in [-0.4, -0.2) is 43.5 Å². The standard InChI is InChI=1S/C16H17N5OS/c1-10-13-8-12(9-17-15(13)23-20-10)16(22)21-6-3-11(4-7-21)14-2-5-18-19-14/h2,5,8-9,11H,3-4,6-7H2,1H3,(H,18,19). The van der Waals surface area contributed by atoms with Gasteiger partial charge in [-0.25, -0.2) is 4.98 Å². The number of rotatable bonds is 2. The van der Waals surface area contributed by atoms with Gasteiger partial charge in [0.25, 0.3) is 5.91 Å². The van der Waals surface area contributed by atoms with Gasteiger partial charge in [-0.05, 0) is 43.4 Å². The van der Waals surface area contributed by atoms with E-state index in [1.165, 1.54) is 17.2 Å². The van der Waals surface area contributed by atoms with Gasteiger partial charge in [-0.2, -0.15) is 9.47 Å². The number of piperidine rings is 1. The Morgan fingerprint density at radius 3 is 2.96 bits per heavy atom. The number of carbonyl (C=O) groups excluding carboxylic acids is 1. The zero-order valence-electron chi connectivity index (χ0n) is 12.8. The van der Waals surface area contributed by atoms with Crippen LogP contribution in [0, 0.1) is 6.92 Å². The number of amides is 1. The van der Waals surface area contributed by atoms with Crippen LogP contribution in [0.25, 0.3) is 10.2 Å². The number of nitrogens with one attached hydrogen (secondary N) is 1. The lowest BCUT2D eigenvalue weighted by molar-refractivity contribution is 0.0712. The number of hydrogen-bond donors (Lipinski definition) is 1. The molecule has 0 radical (unpaired) electrons. The third kappa shape index (κ3) is 2.61. The maximum absolute atomic E-state index is 12.7. The Balaban J connectivity index is 1.49. The molecule has 0 saturated carbocycles. The van der Waals surface area contributed by atoms with Crippen molar-refractivity contribution in [1.82, 2.24) is 24.5 Å². The second kappa shape index (κ2) is 5.73. The van der Waals surface area contributed by atoms with Gasteiger partial charge in [-0.3, -0.25) is 9.89 Å². The van der Waals surface area contributed by atoms with Crippen molar-refractivity contribution in [1.29, 1.82) is 0 Å². The van der Waals surface area contributed by atoms with Gasteiger partial charge in [0.15, 0.2) is 0 Å². The fourth-order valence-electron chi connectivity index (χ4n) is 3.13. The third-order valence-electron chi connectivity index (χ3n) is 4.50. The van der Waals surface area contributed by atoms with Crippen LogP contribution in [0.1, 0.15) is 40.5 Å². The number of hydrogen-bond acceptors (Lipinski definition) is 5. The number of likely N-dealkylation sites (tertiary alicyclic amines) is 1. The van der Waals surface area contributed by atoms with Crippen molar-refractivity contribution in [3.05, 3.63) is 41.5 Å². The summed E-state index contributed by atoms with van der Waals surface area (Å²) in [4.78, 5) is 19.9. The fraction of sp³-hybridized carbons (Fsp3) is 0.375. The van der Waals surface area contributed by atoms with E-state index in [9.17, 15) is 4.79 Å². The maximum Gasteiger partial charge on any atom is 0.255 e. The van der Waals surface area contributed by atoms with E-state index < -0.39 is 0 Å². The van der Waals surface area contributed by atoms with Crippen molar-refractivity contribution in [2.24, 2.45) is 0 Å². The van der Waals surface area contributed by atoms with Crippen molar-refractivity contribution >= 4 is 27.7 Å². The first-order valence-electron chi connectivity index (χ1n) is 7.73. The second-order valence-corrected chi connectivity index (χ2v) is 6.67. The van der Waals surface area contributed by atoms with E-state index in [2.05, 4.69) is 19.6 Å². The Hall–Kier alpha value is -2.28. The first-order chi connectivity index (χ1) is 11.2. The largest absolute Gasteiger partial charge is 0.339 e. The van der Waals surface area contributed by atoms with E-state index >= 15 is 0 Å². The summed E-state index contributed by atoms with van der Waals surface area (Å²) >= 11 is 1.37. The lowest BCUT2D eigenvalue weighted by atomic mass is 9.93. The highest BCUT2D eigenvalue weighted by Gasteiger charge is 2.25. The molecule has 1 fully saturated rings. The molecule has 0 atom stereocenters. The number of aromatic nitrogens is 4. The fourth-order valence-corrected chi connectivity index (χ4v) is 3.86. The smallest absolute Gasteiger partial charge is 0.255 e. The molecule has 4 heterocycles. The zero-order chi connectivity index (χ0) is 15.8. The number of fused-ring (bicyclic) bond motifs is 1. The van der Waals surface area contributed by atoms with Crippen LogP contribution < -0.4 is 0 Å². The summed E-state index contributed by atoms with van der Waals surface area (Å²) in [6, 6.07) is 3.94. The molecule has 0 aliphatic carbocycles. The third-order valence-corrected chi connectivity index (χ3v) is 5.36. The SMILES string of the molecule is Cc1nsc2ncc(C(=O)N3CCC(c4ccn[nH]4)CC3)cc12. The molecule has 7 heteroatoms. The van der Waals surface area contributed by atoms with Gasteiger partial charge < -0.3 is 4.90 Å². The minimum atomic E-state index is 0.0630. The predicted octanol–water partition coefficient (Wildman–Crippen LogP) is 2.74. The van der Waals surface area contributed by atoms with Crippen LogP contribution >= 0.6 is 11.5 Å². The molecule has 6 nitrogen and oxygen atoms in total. The first kappa shape index (κ1) is 14.3. The molecular weight excluding hydrogens is 310 g/mol. The summed E-state index contributed by atoms with van der Waals surface area (Å²) in [6.07, 6.45) is 5.37. The minimum Gasteiger partial charge on any atom is -0.339 e. The number of aryl methyl sites for hydroxylation is 1. The molecule has 1 saturated heterocycles. The molecule has 3 aromatic rings. The van der Waals surface area contributed by atoms with Gasteiger partial charge in [0.2, 0.25) is 0 Å². The predicted molar refractivity (Wildman–Crippen MR) is 88.6 cm³/mol. The van der Waals surface area contributed by atoms with Gasteiger partial charge in [-0.1, -0.05) is 0 Å². The highest BCUT2D eigenvalue weighted by Crippen LogP contribution is 2.28. The van der Waals surface area contributed by atoms with Gasteiger partial charge >= 0.3 is 0 Å². The van der Waals surface area contributed by atoms with E-state index in [0.717, 1.165) is 41.8 Å². The Labute approximate surface area is 137 Å². The summed E-state index contributed by atoms with van der Waals surface area (Å²) in [5.41, 5.74) is 2.76. The molecule has 0 spiro atoms. The Morgan fingerprint density at radius 1 is 1.39 bits per heavy atom. The van der Waals surface area contributed by atoms with E-state index in [0.29, 0.717) is 11.5 Å². The monoisotopic (exact) mass is 327 g/mol. The molecule has 118 valence electrons. The summed E-state index contributed by atoms with van der Waals surface area (Å²) in [6.45, 7) is 3.48. The molecule has 3 aromatic heterocycles. The van der Waals surface area contributed by atoms with Crippen LogP contribution in [0.15, 0.2) is 24.5 Å². The van der Waals surface area contributed by atoms with Gasteiger partial charge in [-0.15, -0.1) is 0 Å². The van der Waals surface area contributed by atoms with Crippen molar-refractivity contribution in [2.75, 3.05) is 13.1 Å². The molecule has 1 N–H and O–H groups in total. The number of nitrogens with zero attached hydrogens (tertiary/aromatic N) is 4. The molecule has 1 aliphatic rings. The summed E-state index contributed by atoms with van der Waals surface area (Å²) < 4.78 is 4.29. The number of carbonyl (C=O) groups is 1. The Kier molecular flexibility index (Phi) is 3.57. The number of H-pyrrole nitrogens is 1. The summed E-state index contributed by atoms with van der Waals surface area (Å²) in [7, 11) is 0. The molecule has 0 unspecified atom stereocenters. The topological polar surface area (TPSA) is 74.8 Å². The van der Waals surface area contributed by atoms with Crippen LogP contribution in [0.5, 0.6) is 0 Å². The van der Waals surface area contributed by atoms with Gasteiger partial charge in [0.1, 0.15) is 4.83 Å².